The van der Waals surface area contributed by atoms with E-state index in [9.17, 15) is 4.79 Å². The van der Waals surface area contributed by atoms with Crippen LogP contribution in [-0.2, 0) is 11.2 Å². The van der Waals surface area contributed by atoms with Crippen LogP contribution in [0.3, 0.4) is 0 Å². The molecule has 0 spiro atoms. The maximum atomic E-state index is 11.9. The Kier molecular flexibility index (Phi) is 3.89. The lowest BCUT2D eigenvalue weighted by molar-refractivity contribution is -0.123. The highest BCUT2D eigenvalue weighted by atomic mass is 35.5. The van der Waals surface area contributed by atoms with Gasteiger partial charge in [-0.3, -0.25) is 4.79 Å². The summed E-state index contributed by atoms with van der Waals surface area (Å²) in [5.74, 6) is 0.137. The van der Waals surface area contributed by atoms with E-state index in [1.54, 1.807) is 13.1 Å². The van der Waals surface area contributed by atoms with Crippen molar-refractivity contribution in [1.82, 2.24) is 5.32 Å². The summed E-state index contributed by atoms with van der Waals surface area (Å²) in [7, 11) is 1.78. The van der Waals surface area contributed by atoms with Crippen molar-refractivity contribution in [3.63, 3.8) is 0 Å². The molecule has 0 saturated heterocycles. The third-order valence-electron chi connectivity index (χ3n) is 2.63. The van der Waals surface area contributed by atoms with Crippen LogP contribution < -0.4 is 5.32 Å². The molecule has 15 heavy (non-hydrogen) atoms. The highest BCUT2D eigenvalue weighted by molar-refractivity contribution is 6.31. The highest BCUT2D eigenvalue weighted by Gasteiger charge is 2.25. The molecule has 0 fully saturated rings. The summed E-state index contributed by atoms with van der Waals surface area (Å²) in [5, 5.41) is 3.64. The summed E-state index contributed by atoms with van der Waals surface area (Å²) in [4.78, 5) is 11.9. The summed E-state index contributed by atoms with van der Waals surface area (Å²) in [6.45, 7) is 3.73. The first kappa shape index (κ1) is 12.2. The van der Waals surface area contributed by atoms with Crippen molar-refractivity contribution in [3.8, 4) is 0 Å². The minimum absolute atomic E-state index is 0.137. The van der Waals surface area contributed by atoms with Crippen LogP contribution in [0.4, 0.5) is 0 Å². The van der Waals surface area contributed by atoms with Gasteiger partial charge in [0.2, 0.25) is 0 Å². The van der Waals surface area contributed by atoms with Crippen molar-refractivity contribution in [2.45, 2.75) is 25.8 Å². The van der Waals surface area contributed by atoms with Gasteiger partial charge in [0.1, 0.15) is 0 Å². The van der Waals surface area contributed by atoms with Crippen LogP contribution in [0.5, 0.6) is 0 Å². The molecule has 1 N–H and O–H groups in total. The Balaban J connectivity index is 2.80. The molecular weight excluding hydrogens is 210 g/mol. The van der Waals surface area contributed by atoms with Crippen molar-refractivity contribution in [2.75, 3.05) is 7.05 Å². The molecule has 0 bridgehead atoms. The van der Waals surface area contributed by atoms with Crippen LogP contribution in [0.2, 0.25) is 5.02 Å². The number of rotatable bonds is 4. The minimum Gasteiger partial charge on any atom is -0.308 e. The van der Waals surface area contributed by atoms with Crippen molar-refractivity contribution < 1.29 is 4.79 Å². The van der Waals surface area contributed by atoms with Crippen LogP contribution in [0.25, 0.3) is 0 Å². The van der Waals surface area contributed by atoms with Crippen LogP contribution in [-0.4, -0.2) is 18.4 Å². The molecule has 82 valence electrons. The molecule has 3 heteroatoms. The molecule has 0 aromatic heterocycles. The van der Waals surface area contributed by atoms with Crippen LogP contribution in [0.15, 0.2) is 24.3 Å². The van der Waals surface area contributed by atoms with Crippen LogP contribution >= 0.6 is 11.6 Å². The Morgan fingerprint density at radius 3 is 2.53 bits per heavy atom. The van der Waals surface area contributed by atoms with E-state index < -0.39 is 5.54 Å². The number of carbonyl (C=O) groups excluding carboxylic acids is 1. The van der Waals surface area contributed by atoms with E-state index in [-0.39, 0.29) is 5.78 Å². The SMILES string of the molecule is CNC(C)(C)C(=O)Cc1ccccc1Cl. The lowest BCUT2D eigenvalue weighted by atomic mass is 9.94. The summed E-state index contributed by atoms with van der Waals surface area (Å²) in [6.07, 6.45) is 0.369. The smallest absolute Gasteiger partial charge is 0.156 e. The minimum atomic E-state index is -0.501. The van der Waals surface area contributed by atoms with Gasteiger partial charge in [0.05, 0.1) is 5.54 Å². The summed E-state index contributed by atoms with van der Waals surface area (Å²) < 4.78 is 0. The number of ketones is 1. The highest BCUT2D eigenvalue weighted by Crippen LogP contribution is 2.18. The Morgan fingerprint density at radius 2 is 2.00 bits per heavy atom. The first-order valence-corrected chi connectivity index (χ1v) is 5.31. The molecule has 1 aromatic carbocycles. The number of Topliss-reactive ketones (excluding diaryl/α,β-unsaturated/α-hetero) is 1. The number of nitrogens with one attached hydrogen (secondary N) is 1. The van der Waals surface area contributed by atoms with E-state index in [0.29, 0.717) is 11.4 Å². The Morgan fingerprint density at radius 1 is 1.40 bits per heavy atom. The number of halogens is 1. The lowest BCUT2D eigenvalue weighted by Gasteiger charge is -2.22. The number of carbonyl (C=O) groups is 1. The third-order valence-corrected chi connectivity index (χ3v) is 3.00. The molecule has 0 atom stereocenters. The Bertz CT molecular complexity index is 360. The van der Waals surface area contributed by atoms with Gasteiger partial charge >= 0.3 is 0 Å². The molecule has 2 nitrogen and oxygen atoms in total. The average Bonchev–Trinajstić information content (AvgIpc) is 2.21. The Labute approximate surface area is 95.6 Å². The number of hydrogen-bond donors (Lipinski definition) is 1. The van der Waals surface area contributed by atoms with E-state index in [0.717, 1.165) is 5.56 Å². The Hall–Kier alpha value is -0.860. The van der Waals surface area contributed by atoms with Gasteiger partial charge in [-0.2, -0.15) is 0 Å². The van der Waals surface area contributed by atoms with Gasteiger partial charge in [-0.05, 0) is 32.5 Å². The summed E-state index contributed by atoms with van der Waals surface area (Å²) in [5.41, 5.74) is 0.381. The van der Waals surface area contributed by atoms with Crippen molar-refractivity contribution in [2.24, 2.45) is 0 Å². The molecular formula is C12H16ClNO. The van der Waals surface area contributed by atoms with Crippen molar-refractivity contribution in [3.05, 3.63) is 34.9 Å². The zero-order valence-electron chi connectivity index (χ0n) is 9.30. The fourth-order valence-electron chi connectivity index (χ4n) is 1.18. The largest absolute Gasteiger partial charge is 0.308 e. The molecule has 0 saturated carbocycles. The maximum absolute atomic E-state index is 11.9. The second-order valence-corrected chi connectivity index (χ2v) is 4.47. The molecule has 0 heterocycles. The van der Waals surface area contributed by atoms with Gasteiger partial charge in [0.25, 0.3) is 0 Å². The third kappa shape index (κ3) is 3.05. The van der Waals surface area contributed by atoms with E-state index in [4.69, 9.17) is 11.6 Å². The van der Waals surface area contributed by atoms with Crippen LogP contribution in [0, 0.1) is 0 Å². The molecule has 0 aliphatic rings. The van der Waals surface area contributed by atoms with Gasteiger partial charge in [0, 0.05) is 11.4 Å². The van der Waals surface area contributed by atoms with Crippen molar-refractivity contribution in [1.29, 1.82) is 0 Å². The zero-order chi connectivity index (χ0) is 11.5. The van der Waals surface area contributed by atoms with Gasteiger partial charge in [-0.25, -0.2) is 0 Å². The number of likely N-dealkylation sites (N-methyl/N-ethyl adjacent to an activating group) is 1. The van der Waals surface area contributed by atoms with Gasteiger partial charge in [-0.1, -0.05) is 29.8 Å². The van der Waals surface area contributed by atoms with E-state index in [1.165, 1.54) is 0 Å². The number of benzene rings is 1. The lowest BCUT2D eigenvalue weighted by Crippen LogP contribution is -2.45. The molecule has 0 aliphatic carbocycles. The molecule has 1 aromatic rings. The average molecular weight is 226 g/mol. The quantitative estimate of drug-likeness (QED) is 0.853. The second kappa shape index (κ2) is 4.77. The van der Waals surface area contributed by atoms with E-state index in [1.807, 2.05) is 32.0 Å². The molecule has 0 amide bonds. The monoisotopic (exact) mass is 225 g/mol. The number of hydrogen-bond acceptors (Lipinski definition) is 2. The first-order valence-electron chi connectivity index (χ1n) is 4.93. The summed E-state index contributed by atoms with van der Waals surface area (Å²) >= 11 is 5.99. The first-order chi connectivity index (χ1) is 6.97. The topological polar surface area (TPSA) is 29.1 Å². The predicted octanol–water partition coefficient (Wildman–Crippen LogP) is 2.45. The normalized spacial score (nSPS) is 11.5. The predicted molar refractivity (Wildman–Crippen MR) is 63.3 cm³/mol. The molecule has 0 radical (unpaired) electrons. The van der Waals surface area contributed by atoms with E-state index >= 15 is 0 Å². The van der Waals surface area contributed by atoms with Gasteiger partial charge < -0.3 is 5.32 Å². The fourth-order valence-corrected chi connectivity index (χ4v) is 1.38. The molecule has 0 aliphatic heterocycles. The maximum Gasteiger partial charge on any atom is 0.156 e. The van der Waals surface area contributed by atoms with E-state index in [2.05, 4.69) is 5.32 Å². The summed E-state index contributed by atoms with van der Waals surface area (Å²) in [6, 6.07) is 7.43. The standard InChI is InChI=1S/C12H16ClNO/c1-12(2,14-3)11(15)8-9-6-4-5-7-10(9)13/h4-7,14H,8H2,1-3H3. The van der Waals surface area contributed by atoms with Crippen molar-refractivity contribution >= 4 is 17.4 Å². The molecule has 1 rings (SSSR count). The van der Waals surface area contributed by atoms with Gasteiger partial charge in [0.15, 0.2) is 5.78 Å². The second-order valence-electron chi connectivity index (χ2n) is 4.07. The molecule has 0 unspecified atom stereocenters. The van der Waals surface area contributed by atoms with Crippen LogP contribution in [0.1, 0.15) is 19.4 Å². The van der Waals surface area contributed by atoms with Gasteiger partial charge in [-0.15, -0.1) is 0 Å². The zero-order valence-corrected chi connectivity index (χ0v) is 10.1. The fraction of sp³-hybridized carbons (Fsp3) is 0.417.